The highest BCUT2D eigenvalue weighted by atomic mass is 16.5. The molecule has 0 fully saturated rings. The van der Waals surface area contributed by atoms with Crippen LogP contribution < -0.4 is 5.32 Å². The average Bonchev–Trinajstić information content (AvgIpc) is 3.09. The molecule has 0 saturated carbocycles. The summed E-state index contributed by atoms with van der Waals surface area (Å²) in [6.07, 6.45) is 2.75. The van der Waals surface area contributed by atoms with E-state index in [1.165, 1.54) is 10.9 Å². The standard InChI is InChI=1S/C22H26N2O3/c1-2-27-21(22(25)26)16-17-8-10-19(11-9-17)23-13-5-14-24-15-12-18-6-3-4-7-20(18)24/h3-4,6-12,15,21,23H,2,5,13-14,16H2,1H3,(H,25,26)/t21-/m0/s1. The van der Waals surface area contributed by atoms with Crippen molar-refractivity contribution < 1.29 is 14.6 Å². The van der Waals surface area contributed by atoms with Gasteiger partial charge in [-0.2, -0.15) is 0 Å². The molecule has 0 bridgehead atoms. The fraction of sp³-hybridized carbons (Fsp3) is 0.318. The number of nitrogens with one attached hydrogen (secondary N) is 1. The lowest BCUT2D eigenvalue weighted by Gasteiger charge is -2.13. The topological polar surface area (TPSA) is 63.5 Å². The van der Waals surface area contributed by atoms with Gasteiger partial charge in [0.15, 0.2) is 6.10 Å². The predicted molar refractivity (Wildman–Crippen MR) is 108 cm³/mol. The van der Waals surface area contributed by atoms with Crippen LogP contribution in [0.25, 0.3) is 10.9 Å². The molecule has 27 heavy (non-hydrogen) atoms. The molecule has 0 aliphatic carbocycles. The number of para-hydroxylation sites is 1. The summed E-state index contributed by atoms with van der Waals surface area (Å²) in [7, 11) is 0. The van der Waals surface area contributed by atoms with Gasteiger partial charge < -0.3 is 19.7 Å². The van der Waals surface area contributed by atoms with Gasteiger partial charge in [0.2, 0.25) is 0 Å². The lowest BCUT2D eigenvalue weighted by Crippen LogP contribution is -2.26. The van der Waals surface area contributed by atoms with Crippen molar-refractivity contribution >= 4 is 22.6 Å². The Morgan fingerprint density at radius 3 is 2.67 bits per heavy atom. The number of hydrogen-bond acceptors (Lipinski definition) is 3. The molecule has 1 aromatic heterocycles. The molecular weight excluding hydrogens is 340 g/mol. The van der Waals surface area contributed by atoms with E-state index in [4.69, 9.17) is 9.84 Å². The van der Waals surface area contributed by atoms with Gasteiger partial charge in [-0.25, -0.2) is 4.79 Å². The monoisotopic (exact) mass is 366 g/mol. The van der Waals surface area contributed by atoms with Crippen molar-refractivity contribution in [1.82, 2.24) is 4.57 Å². The number of aliphatic carboxylic acids is 1. The molecule has 0 amide bonds. The number of carbonyl (C=O) groups is 1. The summed E-state index contributed by atoms with van der Waals surface area (Å²) in [5.74, 6) is -0.920. The number of carboxylic acid groups (broad SMARTS) is 1. The van der Waals surface area contributed by atoms with E-state index in [0.717, 1.165) is 30.8 Å². The quantitative estimate of drug-likeness (QED) is 0.529. The second kappa shape index (κ2) is 9.24. The first kappa shape index (κ1) is 19.0. The number of benzene rings is 2. The smallest absolute Gasteiger partial charge is 0.333 e. The molecule has 0 radical (unpaired) electrons. The summed E-state index contributed by atoms with van der Waals surface area (Å²) in [6.45, 7) is 4.04. The van der Waals surface area contributed by atoms with Crippen molar-refractivity contribution in [3.63, 3.8) is 0 Å². The Morgan fingerprint density at radius 1 is 1.15 bits per heavy atom. The molecule has 0 aliphatic rings. The number of aryl methyl sites for hydroxylation is 1. The van der Waals surface area contributed by atoms with Gasteiger partial charge in [-0.15, -0.1) is 0 Å². The number of rotatable bonds is 10. The fourth-order valence-electron chi connectivity index (χ4n) is 3.21. The molecule has 5 heteroatoms. The molecule has 0 unspecified atom stereocenters. The largest absolute Gasteiger partial charge is 0.479 e. The van der Waals surface area contributed by atoms with Gasteiger partial charge in [-0.3, -0.25) is 0 Å². The summed E-state index contributed by atoms with van der Waals surface area (Å²) < 4.78 is 7.54. The maximum absolute atomic E-state index is 11.2. The Kier molecular flexibility index (Phi) is 6.49. The normalized spacial score (nSPS) is 12.2. The van der Waals surface area contributed by atoms with Gasteiger partial charge in [0.25, 0.3) is 0 Å². The van der Waals surface area contributed by atoms with Gasteiger partial charge in [-0.05, 0) is 48.6 Å². The van der Waals surface area contributed by atoms with Crippen LogP contribution in [0.2, 0.25) is 0 Å². The number of nitrogens with zero attached hydrogens (tertiary/aromatic N) is 1. The fourth-order valence-corrected chi connectivity index (χ4v) is 3.21. The highest BCUT2D eigenvalue weighted by molar-refractivity contribution is 5.79. The van der Waals surface area contributed by atoms with E-state index >= 15 is 0 Å². The van der Waals surface area contributed by atoms with E-state index in [0.29, 0.717) is 13.0 Å². The summed E-state index contributed by atoms with van der Waals surface area (Å²) in [6, 6.07) is 18.4. The van der Waals surface area contributed by atoms with E-state index in [1.54, 1.807) is 6.92 Å². The molecule has 3 rings (SSSR count). The Labute approximate surface area is 159 Å². The van der Waals surface area contributed by atoms with Gasteiger partial charge in [0, 0.05) is 43.5 Å². The second-order valence-electron chi connectivity index (χ2n) is 6.53. The molecule has 0 aliphatic heterocycles. The Bertz CT molecular complexity index is 871. The lowest BCUT2D eigenvalue weighted by atomic mass is 10.1. The zero-order chi connectivity index (χ0) is 19.1. The van der Waals surface area contributed by atoms with Crippen LogP contribution in [0, 0.1) is 0 Å². The van der Waals surface area contributed by atoms with Gasteiger partial charge in [0.05, 0.1) is 0 Å². The third-order valence-corrected chi connectivity index (χ3v) is 4.60. The first-order chi connectivity index (χ1) is 13.2. The molecule has 0 spiro atoms. The highest BCUT2D eigenvalue weighted by Gasteiger charge is 2.17. The van der Waals surface area contributed by atoms with E-state index < -0.39 is 12.1 Å². The van der Waals surface area contributed by atoms with Crippen molar-refractivity contribution in [2.45, 2.75) is 32.4 Å². The molecule has 3 aromatic rings. The maximum Gasteiger partial charge on any atom is 0.333 e. The predicted octanol–water partition coefficient (Wildman–Crippen LogP) is 4.18. The third kappa shape index (κ3) is 5.11. The average molecular weight is 366 g/mol. The van der Waals surface area contributed by atoms with Crippen LogP contribution in [0.5, 0.6) is 0 Å². The minimum absolute atomic E-state index is 0.379. The first-order valence-corrected chi connectivity index (χ1v) is 9.38. The molecule has 2 N–H and O–H groups in total. The Hall–Kier alpha value is -2.79. The first-order valence-electron chi connectivity index (χ1n) is 9.38. The summed E-state index contributed by atoms with van der Waals surface area (Å²) in [4.78, 5) is 11.2. The Balaban J connectivity index is 1.46. The zero-order valence-electron chi connectivity index (χ0n) is 15.6. The summed E-state index contributed by atoms with van der Waals surface area (Å²) in [5, 5.41) is 13.9. The number of aromatic nitrogens is 1. The Morgan fingerprint density at radius 2 is 1.93 bits per heavy atom. The summed E-state index contributed by atoms with van der Waals surface area (Å²) >= 11 is 0. The van der Waals surface area contributed by atoms with Crippen LogP contribution in [-0.4, -0.2) is 34.9 Å². The number of anilines is 1. The van der Waals surface area contributed by atoms with Gasteiger partial charge in [-0.1, -0.05) is 30.3 Å². The zero-order valence-corrected chi connectivity index (χ0v) is 15.6. The molecule has 1 atom stereocenters. The number of carboxylic acids is 1. The minimum atomic E-state index is -0.920. The van der Waals surface area contributed by atoms with Crippen LogP contribution in [0.3, 0.4) is 0 Å². The molecule has 1 heterocycles. The molecule has 0 saturated heterocycles. The van der Waals surface area contributed by atoms with Crippen LogP contribution in [0.15, 0.2) is 60.8 Å². The van der Waals surface area contributed by atoms with Crippen molar-refractivity contribution in [3.8, 4) is 0 Å². The van der Waals surface area contributed by atoms with Crippen LogP contribution >= 0.6 is 0 Å². The molecule has 5 nitrogen and oxygen atoms in total. The van der Waals surface area contributed by atoms with Crippen molar-refractivity contribution in [3.05, 3.63) is 66.4 Å². The SMILES string of the molecule is CCO[C@@H](Cc1ccc(NCCCn2ccc3ccccc32)cc1)C(=O)O. The highest BCUT2D eigenvalue weighted by Crippen LogP contribution is 2.16. The lowest BCUT2D eigenvalue weighted by molar-refractivity contribution is -0.149. The van der Waals surface area contributed by atoms with Crippen molar-refractivity contribution in [2.24, 2.45) is 0 Å². The van der Waals surface area contributed by atoms with Crippen LogP contribution in [-0.2, 0) is 22.5 Å². The van der Waals surface area contributed by atoms with Crippen molar-refractivity contribution in [2.75, 3.05) is 18.5 Å². The van der Waals surface area contributed by atoms with Gasteiger partial charge >= 0.3 is 5.97 Å². The van der Waals surface area contributed by atoms with E-state index in [-0.39, 0.29) is 0 Å². The number of hydrogen-bond donors (Lipinski definition) is 2. The molecule has 2 aromatic carbocycles. The van der Waals surface area contributed by atoms with Crippen LogP contribution in [0.1, 0.15) is 18.9 Å². The van der Waals surface area contributed by atoms with E-state index in [2.05, 4.69) is 46.4 Å². The number of ether oxygens (including phenoxy) is 1. The molecule has 142 valence electrons. The summed E-state index contributed by atoms with van der Waals surface area (Å²) in [5.41, 5.74) is 3.27. The maximum atomic E-state index is 11.2. The minimum Gasteiger partial charge on any atom is -0.479 e. The van der Waals surface area contributed by atoms with Crippen LogP contribution in [0.4, 0.5) is 5.69 Å². The van der Waals surface area contributed by atoms with Crippen molar-refractivity contribution in [1.29, 1.82) is 0 Å². The number of fused-ring (bicyclic) bond motifs is 1. The third-order valence-electron chi connectivity index (χ3n) is 4.60. The van der Waals surface area contributed by atoms with E-state index in [1.807, 2.05) is 24.3 Å². The van der Waals surface area contributed by atoms with Gasteiger partial charge in [0.1, 0.15) is 0 Å². The second-order valence-corrected chi connectivity index (χ2v) is 6.53. The van der Waals surface area contributed by atoms with E-state index in [9.17, 15) is 4.79 Å². The molecular formula is C22H26N2O3.